The van der Waals surface area contributed by atoms with Crippen LogP contribution in [-0.4, -0.2) is 24.1 Å². The molecular formula is C15H18ClNO2. The van der Waals surface area contributed by atoms with Gasteiger partial charge in [0, 0.05) is 12.4 Å². The van der Waals surface area contributed by atoms with Gasteiger partial charge in [-0.2, -0.15) is 0 Å². The summed E-state index contributed by atoms with van der Waals surface area (Å²) in [6.45, 7) is 4.63. The summed E-state index contributed by atoms with van der Waals surface area (Å²) in [5, 5.41) is 0. The zero-order valence-electron chi connectivity index (χ0n) is 11.3. The molecule has 1 amide bonds. The maximum absolute atomic E-state index is 12.0. The first-order valence-corrected chi connectivity index (χ1v) is 7.11. The number of amides is 1. The van der Waals surface area contributed by atoms with E-state index in [1.165, 1.54) is 0 Å². The smallest absolute Gasteiger partial charge is 0.299 e. The van der Waals surface area contributed by atoms with E-state index in [0.717, 1.165) is 24.1 Å². The Hall–Kier alpha value is -1.35. The Morgan fingerprint density at radius 2 is 2.00 bits per heavy atom. The molecule has 0 N–H and O–H groups in total. The monoisotopic (exact) mass is 279 g/mol. The molecule has 19 heavy (non-hydrogen) atoms. The van der Waals surface area contributed by atoms with Crippen LogP contribution >= 0.6 is 11.6 Å². The highest BCUT2D eigenvalue weighted by Crippen LogP contribution is 2.32. The molecule has 0 bridgehead atoms. The summed E-state index contributed by atoms with van der Waals surface area (Å²) in [6, 6.07) is 5.48. The molecule has 1 aliphatic rings. The Labute approximate surface area is 118 Å². The van der Waals surface area contributed by atoms with Gasteiger partial charge in [0.05, 0.1) is 11.3 Å². The van der Waals surface area contributed by atoms with Crippen molar-refractivity contribution in [3.8, 4) is 0 Å². The Morgan fingerprint density at radius 1 is 1.26 bits per heavy atom. The number of nitrogens with zero attached hydrogens (tertiary/aromatic N) is 1. The first-order chi connectivity index (χ1) is 9.06. The second kappa shape index (κ2) is 5.74. The number of hydrogen-bond donors (Lipinski definition) is 0. The number of rotatable bonds is 5. The molecule has 4 heteroatoms. The number of fused-ring (bicyclic) bond motifs is 1. The van der Waals surface area contributed by atoms with Gasteiger partial charge in [0.1, 0.15) is 0 Å². The van der Waals surface area contributed by atoms with Gasteiger partial charge in [-0.1, -0.05) is 19.1 Å². The van der Waals surface area contributed by atoms with Crippen LogP contribution in [0, 0.1) is 12.8 Å². The summed E-state index contributed by atoms with van der Waals surface area (Å²) in [5.74, 6) is 0.295. The van der Waals surface area contributed by atoms with Crippen LogP contribution in [0.5, 0.6) is 0 Å². The molecule has 0 radical (unpaired) electrons. The van der Waals surface area contributed by atoms with Gasteiger partial charge in [0.25, 0.3) is 11.7 Å². The lowest BCUT2D eigenvalue weighted by atomic mass is 10.0. The molecule has 0 aromatic heterocycles. The van der Waals surface area contributed by atoms with Crippen molar-refractivity contribution < 1.29 is 9.59 Å². The van der Waals surface area contributed by atoms with Crippen molar-refractivity contribution >= 4 is 29.0 Å². The standard InChI is InChI=1S/C15H18ClNO2/c1-10(6-8-16)7-9-17-13-11(2)4-3-5-12(13)14(18)15(17)19/h3-5,10H,6-9H2,1-2H3. The molecule has 1 heterocycles. The molecule has 0 fully saturated rings. The molecule has 1 atom stereocenters. The van der Waals surface area contributed by atoms with Crippen LogP contribution in [0.4, 0.5) is 5.69 Å². The molecule has 0 saturated heterocycles. The number of Topliss-reactive ketones (excluding diaryl/α,β-unsaturated/α-hetero) is 1. The quantitative estimate of drug-likeness (QED) is 0.613. The molecule has 1 aromatic rings. The zero-order valence-corrected chi connectivity index (χ0v) is 12.0. The third kappa shape index (κ3) is 2.66. The summed E-state index contributed by atoms with van der Waals surface area (Å²) in [5.41, 5.74) is 2.30. The lowest BCUT2D eigenvalue weighted by Gasteiger charge is -2.20. The van der Waals surface area contributed by atoms with E-state index in [0.29, 0.717) is 23.9 Å². The summed E-state index contributed by atoms with van der Waals surface area (Å²) in [7, 11) is 0. The van der Waals surface area contributed by atoms with Gasteiger partial charge >= 0.3 is 0 Å². The average Bonchev–Trinajstić information content (AvgIpc) is 2.62. The average molecular weight is 280 g/mol. The Kier molecular flexibility index (Phi) is 4.25. The maximum Gasteiger partial charge on any atom is 0.299 e. The maximum atomic E-state index is 12.0. The number of ketones is 1. The fourth-order valence-corrected chi connectivity index (χ4v) is 2.81. The third-order valence-electron chi connectivity index (χ3n) is 3.64. The second-order valence-corrected chi connectivity index (χ2v) is 5.51. The van der Waals surface area contributed by atoms with Gasteiger partial charge in [-0.25, -0.2) is 0 Å². The molecule has 0 aliphatic carbocycles. The predicted octanol–water partition coefficient (Wildman–Crippen LogP) is 3.18. The highest BCUT2D eigenvalue weighted by atomic mass is 35.5. The van der Waals surface area contributed by atoms with Crippen molar-refractivity contribution in [2.24, 2.45) is 5.92 Å². The van der Waals surface area contributed by atoms with E-state index in [-0.39, 0.29) is 5.78 Å². The Balaban J connectivity index is 2.19. The molecular weight excluding hydrogens is 262 g/mol. The fraction of sp³-hybridized carbons (Fsp3) is 0.467. The van der Waals surface area contributed by atoms with E-state index in [2.05, 4.69) is 6.92 Å². The first kappa shape index (κ1) is 14.1. The van der Waals surface area contributed by atoms with Crippen molar-refractivity contribution in [2.75, 3.05) is 17.3 Å². The topological polar surface area (TPSA) is 37.4 Å². The largest absolute Gasteiger partial charge is 0.304 e. The van der Waals surface area contributed by atoms with Crippen molar-refractivity contribution in [3.05, 3.63) is 29.3 Å². The first-order valence-electron chi connectivity index (χ1n) is 6.58. The van der Waals surface area contributed by atoms with E-state index >= 15 is 0 Å². The van der Waals surface area contributed by atoms with Crippen molar-refractivity contribution in [1.29, 1.82) is 0 Å². The van der Waals surface area contributed by atoms with E-state index in [9.17, 15) is 9.59 Å². The van der Waals surface area contributed by atoms with Gasteiger partial charge in [0.15, 0.2) is 0 Å². The van der Waals surface area contributed by atoms with E-state index in [1.807, 2.05) is 19.1 Å². The molecule has 1 aromatic carbocycles. The molecule has 1 unspecified atom stereocenters. The number of halogens is 1. The van der Waals surface area contributed by atoms with Crippen LogP contribution in [0.1, 0.15) is 35.7 Å². The number of alkyl halides is 1. The molecule has 3 nitrogen and oxygen atoms in total. The van der Waals surface area contributed by atoms with Crippen molar-refractivity contribution in [2.45, 2.75) is 26.7 Å². The number of anilines is 1. The van der Waals surface area contributed by atoms with Gasteiger partial charge in [-0.05, 0) is 37.3 Å². The fourth-order valence-electron chi connectivity index (χ4n) is 2.43. The lowest BCUT2D eigenvalue weighted by Crippen LogP contribution is -2.31. The highest BCUT2D eigenvalue weighted by molar-refractivity contribution is 6.52. The summed E-state index contributed by atoms with van der Waals surface area (Å²) >= 11 is 5.72. The van der Waals surface area contributed by atoms with E-state index in [4.69, 9.17) is 11.6 Å². The van der Waals surface area contributed by atoms with Crippen LogP contribution in [0.15, 0.2) is 18.2 Å². The molecule has 102 valence electrons. The van der Waals surface area contributed by atoms with Crippen LogP contribution in [0.25, 0.3) is 0 Å². The Morgan fingerprint density at radius 3 is 2.68 bits per heavy atom. The molecule has 1 aliphatic heterocycles. The van der Waals surface area contributed by atoms with Gasteiger partial charge in [-0.15, -0.1) is 11.6 Å². The minimum atomic E-state index is -0.401. The van der Waals surface area contributed by atoms with E-state index < -0.39 is 5.91 Å². The summed E-state index contributed by atoms with van der Waals surface area (Å²) in [6.07, 6.45) is 1.79. The minimum absolute atomic E-state index is 0.385. The number of hydrogen-bond acceptors (Lipinski definition) is 2. The van der Waals surface area contributed by atoms with Gasteiger partial charge in [-0.3, -0.25) is 9.59 Å². The molecule has 2 rings (SSSR count). The number of benzene rings is 1. The number of para-hydroxylation sites is 1. The van der Waals surface area contributed by atoms with Crippen molar-refractivity contribution in [3.63, 3.8) is 0 Å². The Bertz CT molecular complexity index is 513. The lowest BCUT2D eigenvalue weighted by molar-refractivity contribution is -0.114. The van der Waals surface area contributed by atoms with Crippen LogP contribution in [0.3, 0.4) is 0 Å². The molecule has 0 saturated carbocycles. The van der Waals surface area contributed by atoms with Gasteiger partial charge in [0.2, 0.25) is 0 Å². The number of carbonyl (C=O) groups excluding carboxylic acids is 2. The van der Waals surface area contributed by atoms with Crippen LogP contribution < -0.4 is 4.90 Å². The highest BCUT2D eigenvalue weighted by Gasteiger charge is 2.36. The number of aryl methyl sites for hydroxylation is 1. The van der Waals surface area contributed by atoms with E-state index in [1.54, 1.807) is 11.0 Å². The summed E-state index contributed by atoms with van der Waals surface area (Å²) < 4.78 is 0. The predicted molar refractivity (Wildman–Crippen MR) is 77.0 cm³/mol. The molecule has 0 spiro atoms. The van der Waals surface area contributed by atoms with Crippen LogP contribution in [0.2, 0.25) is 0 Å². The number of carbonyl (C=O) groups is 2. The van der Waals surface area contributed by atoms with Crippen molar-refractivity contribution in [1.82, 2.24) is 0 Å². The normalized spacial score (nSPS) is 15.8. The van der Waals surface area contributed by atoms with Gasteiger partial charge < -0.3 is 4.90 Å². The third-order valence-corrected chi connectivity index (χ3v) is 3.86. The zero-order chi connectivity index (χ0) is 14.0. The second-order valence-electron chi connectivity index (χ2n) is 5.13. The minimum Gasteiger partial charge on any atom is -0.304 e. The van der Waals surface area contributed by atoms with Crippen LogP contribution in [-0.2, 0) is 4.79 Å². The SMILES string of the molecule is Cc1cccc2c1N(CCC(C)CCCl)C(=O)C2=O. The summed E-state index contributed by atoms with van der Waals surface area (Å²) in [4.78, 5) is 25.6.